The number of hydrogen-bond acceptors (Lipinski definition) is 5. The first kappa shape index (κ1) is 21.3. The van der Waals surface area contributed by atoms with Crippen molar-refractivity contribution >= 4 is 23.6 Å². The number of ketones is 1. The van der Waals surface area contributed by atoms with Crippen LogP contribution in [0.3, 0.4) is 0 Å². The maximum Gasteiger partial charge on any atom is 0.325 e. The zero-order valence-corrected chi connectivity index (χ0v) is 17.9. The molecule has 2 aliphatic heterocycles. The Morgan fingerprint density at radius 2 is 1.93 bits per heavy atom. The van der Waals surface area contributed by atoms with Crippen molar-refractivity contribution in [1.29, 1.82) is 0 Å². The van der Waals surface area contributed by atoms with Gasteiger partial charge in [0.05, 0.1) is 19.3 Å². The summed E-state index contributed by atoms with van der Waals surface area (Å²) in [5.41, 5.74) is -0.840. The van der Waals surface area contributed by atoms with Crippen molar-refractivity contribution in [3.8, 4) is 0 Å². The Kier molecular flexibility index (Phi) is 6.14. The van der Waals surface area contributed by atoms with Gasteiger partial charge in [0.25, 0.3) is 5.91 Å². The molecular weight excluding hydrogens is 386 g/mol. The van der Waals surface area contributed by atoms with Gasteiger partial charge >= 0.3 is 6.03 Å². The molecule has 2 saturated carbocycles. The van der Waals surface area contributed by atoms with Crippen molar-refractivity contribution in [3.05, 3.63) is 0 Å². The number of nitrogens with zero attached hydrogens (tertiary/aromatic N) is 2. The molecule has 0 radical (unpaired) electrons. The molecule has 0 bridgehead atoms. The molecule has 0 aromatic rings. The van der Waals surface area contributed by atoms with E-state index >= 15 is 0 Å². The van der Waals surface area contributed by atoms with Crippen molar-refractivity contribution in [2.45, 2.75) is 76.3 Å². The molecule has 2 unspecified atom stereocenters. The smallest absolute Gasteiger partial charge is 0.325 e. The van der Waals surface area contributed by atoms with Gasteiger partial charge in [-0.2, -0.15) is 0 Å². The van der Waals surface area contributed by atoms with Gasteiger partial charge < -0.3 is 15.0 Å². The quantitative estimate of drug-likeness (QED) is 0.702. The normalized spacial score (nSPS) is 35.1. The van der Waals surface area contributed by atoms with E-state index in [1.807, 2.05) is 0 Å². The average molecular weight is 420 g/mol. The fourth-order valence-corrected chi connectivity index (χ4v) is 5.65. The SMILES string of the molecule is CCC1CCC2(CC1)NC(=O)N(CC(=O)N1CCOCC1C1CCCCC1=O)C2=O. The van der Waals surface area contributed by atoms with Gasteiger partial charge in [-0.1, -0.05) is 19.8 Å². The molecule has 8 heteroatoms. The second kappa shape index (κ2) is 8.65. The van der Waals surface area contributed by atoms with E-state index in [0.717, 1.165) is 43.4 Å². The van der Waals surface area contributed by atoms with Gasteiger partial charge in [-0.25, -0.2) is 4.79 Å². The van der Waals surface area contributed by atoms with E-state index in [4.69, 9.17) is 4.74 Å². The molecule has 1 spiro atoms. The first-order valence-electron chi connectivity index (χ1n) is 11.5. The summed E-state index contributed by atoms with van der Waals surface area (Å²) < 4.78 is 5.58. The fourth-order valence-electron chi connectivity index (χ4n) is 5.65. The summed E-state index contributed by atoms with van der Waals surface area (Å²) in [7, 11) is 0. The summed E-state index contributed by atoms with van der Waals surface area (Å²) in [5, 5.41) is 2.89. The van der Waals surface area contributed by atoms with Crippen LogP contribution in [0, 0.1) is 11.8 Å². The molecule has 0 aromatic carbocycles. The van der Waals surface area contributed by atoms with Gasteiger partial charge in [0.2, 0.25) is 5.91 Å². The van der Waals surface area contributed by atoms with E-state index in [2.05, 4.69) is 12.2 Å². The number of ether oxygens (including phenoxy) is 1. The predicted molar refractivity (Wildman–Crippen MR) is 109 cm³/mol. The highest BCUT2D eigenvalue weighted by atomic mass is 16.5. The molecule has 8 nitrogen and oxygen atoms in total. The number of carbonyl (C=O) groups is 4. The minimum Gasteiger partial charge on any atom is -0.377 e. The summed E-state index contributed by atoms with van der Waals surface area (Å²) in [6.45, 7) is 3.02. The summed E-state index contributed by atoms with van der Waals surface area (Å²) in [6, 6.07) is -0.768. The van der Waals surface area contributed by atoms with Crippen LogP contribution in [0.15, 0.2) is 0 Å². The lowest BCUT2D eigenvalue weighted by atomic mass is 9.75. The molecular formula is C22H33N3O5. The second-order valence-electron chi connectivity index (χ2n) is 9.30. The number of Topliss-reactive ketones (excluding diaryl/α,β-unsaturated/α-hetero) is 1. The fraction of sp³-hybridized carbons (Fsp3) is 0.818. The number of rotatable bonds is 4. The van der Waals surface area contributed by atoms with Crippen molar-refractivity contribution in [1.82, 2.24) is 15.1 Å². The number of nitrogens with one attached hydrogen (secondary N) is 1. The Morgan fingerprint density at radius 3 is 2.63 bits per heavy atom. The summed E-state index contributed by atoms with van der Waals surface area (Å²) in [5.74, 6) is 0.0366. The van der Waals surface area contributed by atoms with E-state index in [1.54, 1.807) is 4.90 Å². The van der Waals surface area contributed by atoms with Crippen LogP contribution in [0.1, 0.15) is 64.7 Å². The lowest BCUT2D eigenvalue weighted by Crippen LogP contribution is -2.57. The Bertz CT molecular complexity index is 716. The molecule has 1 N–H and O–H groups in total. The van der Waals surface area contributed by atoms with Gasteiger partial charge in [0.1, 0.15) is 17.9 Å². The van der Waals surface area contributed by atoms with Gasteiger partial charge in [-0.3, -0.25) is 19.3 Å². The van der Waals surface area contributed by atoms with Crippen LogP contribution >= 0.6 is 0 Å². The van der Waals surface area contributed by atoms with Crippen LogP contribution in [0.4, 0.5) is 4.79 Å². The molecule has 30 heavy (non-hydrogen) atoms. The van der Waals surface area contributed by atoms with Crippen LogP contribution in [0.5, 0.6) is 0 Å². The maximum atomic E-state index is 13.2. The zero-order chi connectivity index (χ0) is 21.3. The number of urea groups is 1. The van der Waals surface area contributed by atoms with Crippen molar-refractivity contribution in [2.24, 2.45) is 11.8 Å². The molecule has 2 atom stereocenters. The molecule has 2 aliphatic carbocycles. The maximum absolute atomic E-state index is 13.2. The van der Waals surface area contributed by atoms with Gasteiger partial charge in [-0.15, -0.1) is 0 Å². The highest BCUT2D eigenvalue weighted by Crippen LogP contribution is 2.37. The lowest BCUT2D eigenvalue weighted by Gasteiger charge is -2.41. The largest absolute Gasteiger partial charge is 0.377 e. The predicted octanol–water partition coefficient (Wildman–Crippen LogP) is 1.86. The monoisotopic (exact) mass is 419 g/mol. The molecule has 4 rings (SSSR count). The van der Waals surface area contributed by atoms with E-state index in [-0.39, 0.29) is 36.1 Å². The first-order valence-corrected chi connectivity index (χ1v) is 11.5. The van der Waals surface area contributed by atoms with Gasteiger partial charge in [0, 0.05) is 18.9 Å². The van der Waals surface area contributed by atoms with E-state index < -0.39 is 11.6 Å². The Hall–Kier alpha value is -1.96. The van der Waals surface area contributed by atoms with Crippen LogP contribution in [0.25, 0.3) is 0 Å². The highest BCUT2D eigenvalue weighted by molar-refractivity contribution is 6.09. The molecule has 2 saturated heterocycles. The van der Waals surface area contributed by atoms with E-state index in [9.17, 15) is 19.2 Å². The standard InChI is InChI=1S/C22H33N3O5/c1-2-15-7-9-22(10-8-15)20(28)25(21(29)23-22)13-19(27)24-11-12-30-14-17(24)16-5-3-4-6-18(16)26/h15-17H,2-14H2,1H3,(H,23,29). The minimum atomic E-state index is -0.840. The number of carbonyl (C=O) groups excluding carboxylic acids is 4. The average Bonchev–Trinajstić information content (AvgIpc) is 2.98. The van der Waals surface area contributed by atoms with Crippen molar-refractivity contribution in [2.75, 3.05) is 26.3 Å². The Balaban J connectivity index is 1.44. The lowest BCUT2D eigenvalue weighted by molar-refractivity contribution is -0.149. The molecule has 166 valence electrons. The Labute approximate surface area is 177 Å². The first-order chi connectivity index (χ1) is 14.4. The topological polar surface area (TPSA) is 96.0 Å². The Morgan fingerprint density at radius 1 is 1.17 bits per heavy atom. The summed E-state index contributed by atoms with van der Waals surface area (Å²) >= 11 is 0. The van der Waals surface area contributed by atoms with Crippen molar-refractivity contribution in [3.63, 3.8) is 0 Å². The molecule has 4 amide bonds. The van der Waals surface area contributed by atoms with Gasteiger partial charge in [-0.05, 0) is 44.4 Å². The minimum absolute atomic E-state index is 0.191. The second-order valence-corrected chi connectivity index (χ2v) is 9.30. The number of amides is 4. The van der Waals surface area contributed by atoms with Crippen LogP contribution in [0.2, 0.25) is 0 Å². The van der Waals surface area contributed by atoms with Crippen molar-refractivity contribution < 1.29 is 23.9 Å². The zero-order valence-electron chi connectivity index (χ0n) is 17.9. The molecule has 4 fully saturated rings. The molecule has 4 aliphatic rings. The van der Waals surface area contributed by atoms with E-state index in [0.29, 0.717) is 44.9 Å². The van der Waals surface area contributed by atoms with Gasteiger partial charge in [0.15, 0.2) is 0 Å². The molecule has 2 heterocycles. The third-order valence-electron chi connectivity index (χ3n) is 7.63. The van der Waals surface area contributed by atoms with Crippen LogP contribution in [-0.2, 0) is 19.1 Å². The summed E-state index contributed by atoms with van der Waals surface area (Å²) in [6.07, 6.45) is 7.38. The number of hydrogen-bond donors (Lipinski definition) is 1. The van der Waals surface area contributed by atoms with E-state index in [1.165, 1.54) is 0 Å². The number of morpholine rings is 1. The van der Waals surface area contributed by atoms with Crippen LogP contribution < -0.4 is 5.32 Å². The third kappa shape index (κ3) is 3.86. The van der Waals surface area contributed by atoms with Crippen LogP contribution in [-0.4, -0.2) is 71.3 Å². The third-order valence-corrected chi connectivity index (χ3v) is 7.63. The summed E-state index contributed by atoms with van der Waals surface area (Å²) in [4.78, 5) is 54.1. The molecule has 0 aromatic heterocycles. The highest BCUT2D eigenvalue weighted by Gasteiger charge is 2.53. The number of imide groups is 1.